The molecule has 50 heavy (non-hydrogen) atoms. The Hall–Kier alpha value is -4.18. The molecule has 1 aromatic carbocycles. The van der Waals surface area contributed by atoms with Crippen molar-refractivity contribution in [3.8, 4) is 0 Å². The Kier molecular flexibility index (Phi) is 12.7. The van der Waals surface area contributed by atoms with Gasteiger partial charge in [0.15, 0.2) is 6.10 Å². The summed E-state index contributed by atoms with van der Waals surface area (Å²) in [6, 6.07) is 5.60. The number of aliphatic hydroxyl groups excluding tert-OH is 1. The van der Waals surface area contributed by atoms with E-state index in [1.54, 1.807) is 19.1 Å². The number of hydrogen-bond donors (Lipinski definition) is 5. The van der Waals surface area contributed by atoms with Crippen molar-refractivity contribution in [1.29, 1.82) is 0 Å². The van der Waals surface area contributed by atoms with Gasteiger partial charge in [0.05, 0.1) is 0 Å². The molecule has 2 aliphatic heterocycles. The van der Waals surface area contributed by atoms with Crippen LogP contribution in [0.5, 0.6) is 0 Å². The Bertz CT molecular complexity index is 1490. The summed E-state index contributed by atoms with van der Waals surface area (Å²) in [5.41, 5.74) is -6.64. The highest BCUT2D eigenvalue weighted by Crippen LogP contribution is 2.56. The molecule has 0 aliphatic carbocycles. The van der Waals surface area contributed by atoms with Gasteiger partial charge >= 0.3 is 29.8 Å². The lowest BCUT2D eigenvalue weighted by atomic mass is 9.74. The first-order chi connectivity index (χ1) is 23.2. The summed E-state index contributed by atoms with van der Waals surface area (Å²) in [5, 5.41) is 53.5. The number of benzene rings is 1. The SMILES string of the molecule is C=C(CC[C@@]12O[C@H](C(=O)O)[C@@](O)(C(=O)O)[C@@](C(=O)O)(O1)[C@H](OC(=O)/C=C/C(C)CC(C)CC)[C@H]2O)[C@@H](OC(C)=O)[C@H](C)Cc1ccc(F)cc1. The predicted molar refractivity (Wildman–Crippen MR) is 171 cm³/mol. The van der Waals surface area contributed by atoms with Crippen LogP contribution in [0.4, 0.5) is 4.39 Å². The van der Waals surface area contributed by atoms with Gasteiger partial charge in [-0.1, -0.05) is 58.9 Å². The number of halogens is 1. The third kappa shape index (κ3) is 7.90. The molecule has 0 saturated carbocycles. The van der Waals surface area contributed by atoms with E-state index in [1.807, 2.05) is 20.8 Å². The van der Waals surface area contributed by atoms with E-state index < -0.39 is 89.4 Å². The molecule has 14 nitrogen and oxygen atoms in total. The molecule has 2 bridgehead atoms. The van der Waals surface area contributed by atoms with Gasteiger partial charge in [-0.3, -0.25) is 4.79 Å². The maximum atomic E-state index is 13.5. The first kappa shape index (κ1) is 40.3. The van der Waals surface area contributed by atoms with Crippen LogP contribution in [0, 0.1) is 23.6 Å². The van der Waals surface area contributed by atoms with E-state index in [1.165, 1.54) is 18.2 Å². The quantitative estimate of drug-likeness (QED) is 0.0892. The van der Waals surface area contributed by atoms with Gasteiger partial charge in [-0.25, -0.2) is 23.6 Å². The molecule has 2 saturated heterocycles. The van der Waals surface area contributed by atoms with Crippen LogP contribution in [0.3, 0.4) is 0 Å². The van der Waals surface area contributed by atoms with Crippen LogP contribution in [0.25, 0.3) is 0 Å². The van der Waals surface area contributed by atoms with Gasteiger partial charge in [-0.15, -0.1) is 0 Å². The van der Waals surface area contributed by atoms with Crippen LogP contribution in [0.1, 0.15) is 65.9 Å². The van der Waals surface area contributed by atoms with Crippen LogP contribution in [0.2, 0.25) is 0 Å². The number of carboxylic acid groups (broad SMARTS) is 3. The van der Waals surface area contributed by atoms with Gasteiger partial charge in [0, 0.05) is 25.3 Å². The number of carbonyl (C=O) groups excluding carboxylic acids is 2. The van der Waals surface area contributed by atoms with Crippen molar-refractivity contribution < 1.29 is 72.8 Å². The minimum Gasteiger partial charge on any atom is -0.479 e. The highest BCUT2D eigenvalue weighted by Gasteiger charge is 2.85. The number of allylic oxidation sites excluding steroid dienone is 1. The van der Waals surface area contributed by atoms with Gasteiger partial charge in [0.25, 0.3) is 0 Å². The first-order valence-corrected chi connectivity index (χ1v) is 16.2. The molecule has 2 heterocycles. The van der Waals surface area contributed by atoms with Gasteiger partial charge in [-0.05, 0) is 54.4 Å². The van der Waals surface area contributed by atoms with Crippen LogP contribution in [-0.2, 0) is 49.3 Å². The maximum absolute atomic E-state index is 13.5. The van der Waals surface area contributed by atoms with Gasteiger partial charge in [-0.2, -0.15) is 0 Å². The Morgan fingerprint density at radius 1 is 1.06 bits per heavy atom. The molecule has 0 spiro atoms. The molecule has 0 radical (unpaired) electrons. The highest BCUT2D eigenvalue weighted by atomic mass is 19.1. The minimum absolute atomic E-state index is 0.140. The first-order valence-electron chi connectivity index (χ1n) is 16.2. The standard InChI is InChI=1S/C35H45FO14/c1-7-18(2)16-19(3)8-13-25(38)48-28-27(39)33(49-29(30(40)41)34(46,31(42)43)35(28,50-33)32(44)45)15-14-20(4)26(47-22(6)37)21(5)17-23-9-11-24(36)12-10-23/h8-13,18-19,21,26-29,39,46H,4,7,14-17H2,1-3,5-6H3,(H,40,41)(H,42,43)(H,44,45)/b13-8+/t18?,19?,21-,26-,27-,28-,29-,33-,34-,35-/m1/s1. The van der Waals surface area contributed by atoms with Crippen molar-refractivity contribution >= 4 is 29.8 Å². The zero-order chi connectivity index (χ0) is 37.8. The Morgan fingerprint density at radius 3 is 2.20 bits per heavy atom. The van der Waals surface area contributed by atoms with Crippen molar-refractivity contribution in [2.75, 3.05) is 0 Å². The summed E-state index contributed by atoms with van der Waals surface area (Å²) in [7, 11) is 0. The van der Waals surface area contributed by atoms with E-state index in [0.29, 0.717) is 17.9 Å². The zero-order valence-electron chi connectivity index (χ0n) is 28.5. The largest absolute Gasteiger partial charge is 0.479 e. The van der Waals surface area contributed by atoms with E-state index in [-0.39, 0.29) is 24.3 Å². The number of carbonyl (C=O) groups is 5. The van der Waals surface area contributed by atoms with Crippen molar-refractivity contribution in [1.82, 2.24) is 0 Å². The van der Waals surface area contributed by atoms with Crippen LogP contribution < -0.4 is 0 Å². The molecule has 10 atom stereocenters. The monoisotopic (exact) mass is 708 g/mol. The summed E-state index contributed by atoms with van der Waals surface area (Å²) in [4.78, 5) is 62.9. The number of ether oxygens (including phenoxy) is 4. The molecule has 2 unspecified atom stereocenters. The van der Waals surface area contributed by atoms with Gasteiger partial charge < -0.3 is 44.5 Å². The number of rotatable bonds is 17. The molecule has 0 amide bonds. The second-order valence-corrected chi connectivity index (χ2v) is 13.2. The van der Waals surface area contributed by atoms with Gasteiger partial charge in [0.1, 0.15) is 18.0 Å². The molecule has 2 aliphatic rings. The number of esters is 2. The summed E-state index contributed by atoms with van der Waals surface area (Å²) in [6.45, 7) is 12.7. The summed E-state index contributed by atoms with van der Waals surface area (Å²) in [6.07, 6.45) is -5.37. The van der Waals surface area contributed by atoms with Crippen molar-refractivity contribution in [2.45, 2.75) is 108 Å². The third-order valence-corrected chi connectivity index (χ3v) is 9.36. The number of hydrogen-bond acceptors (Lipinski definition) is 11. The van der Waals surface area contributed by atoms with Crippen LogP contribution in [0.15, 0.2) is 48.6 Å². The van der Waals surface area contributed by atoms with Crippen LogP contribution >= 0.6 is 0 Å². The maximum Gasteiger partial charge on any atom is 0.344 e. The topological polar surface area (TPSA) is 223 Å². The van der Waals surface area contributed by atoms with Crippen molar-refractivity contribution in [3.63, 3.8) is 0 Å². The highest BCUT2D eigenvalue weighted by molar-refractivity contribution is 5.98. The normalized spacial score (nSPS) is 29.8. The van der Waals surface area contributed by atoms with E-state index in [9.17, 15) is 53.9 Å². The molecular weight excluding hydrogens is 663 g/mol. The van der Waals surface area contributed by atoms with E-state index in [4.69, 9.17) is 18.9 Å². The fourth-order valence-corrected chi connectivity index (χ4v) is 6.59. The lowest BCUT2D eigenvalue weighted by molar-refractivity contribution is -0.374. The zero-order valence-corrected chi connectivity index (χ0v) is 28.5. The molecule has 276 valence electrons. The molecule has 1 aromatic rings. The lowest BCUT2D eigenvalue weighted by Crippen LogP contribution is -2.78. The van der Waals surface area contributed by atoms with E-state index in [2.05, 4.69) is 6.58 Å². The number of aliphatic carboxylic acids is 3. The van der Waals surface area contributed by atoms with E-state index in [0.717, 1.165) is 19.4 Å². The minimum atomic E-state index is -3.93. The Balaban J connectivity index is 2.01. The molecule has 3 rings (SSSR count). The average molecular weight is 709 g/mol. The summed E-state index contributed by atoms with van der Waals surface area (Å²) in [5.74, 6) is -12.1. The van der Waals surface area contributed by atoms with E-state index >= 15 is 0 Å². The fourth-order valence-electron chi connectivity index (χ4n) is 6.59. The average Bonchev–Trinajstić information content (AvgIpc) is 3.25. The van der Waals surface area contributed by atoms with Gasteiger partial charge in [0.2, 0.25) is 23.1 Å². The van der Waals surface area contributed by atoms with Crippen molar-refractivity contribution in [2.24, 2.45) is 17.8 Å². The Morgan fingerprint density at radius 2 is 1.68 bits per heavy atom. The predicted octanol–water partition coefficient (Wildman–Crippen LogP) is 3.02. The smallest absolute Gasteiger partial charge is 0.344 e. The fraction of sp³-hybridized carbons (Fsp3) is 0.571. The molecule has 0 aromatic heterocycles. The lowest BCUT2D eigenvalue weighted by Gasteiger charge is -2.48. The molecule has 2 fully saturated rings. The second-order valence-electron chi connectivity index (χ2n) is 13.2. The second kappa shape index (κ2) is 15.8. The van der Waals surface area contributed by atoms with Crippen LogP contribution in [-0.4, -0.2) is 96.8 Å². The molecule has 5 N–H and O–H groups in total. The van der Waals surface area contributed by atoms with Crippen molar-refractivity contribution in [3.05, 3.63) is 60.0 Å². The third-order valence-electron chi connectivity index (χ3n) is 9.36. The molecular formula is C35H45FO14. The number of fused-ring (bicyclic) bond motifs is 2. The number of carboxylic acids is 3. The summed E-state index contributed by atoms with van der Waals surface area (Å²) >= 11 is 0. The summed E-state index contributed by atoms with van der Waals surface area (Å²) < 4.78 is 35.4. The molecule has 15 heteroatoms. The Labute approximate surface area is 288 Å². The number of aliphatic hydroxyl groups is 2.